The molecule has 1 atom stereocenters. The molecule has 0 saturated heterocycles. The second-order valence-corrected chi connectivity index (χ2v) is 8.83. The zero-order valence-corrected chi connectivity index (χ0v) is 20.2. The van der Waals surface area contributed by atoms with Gasteiger partial charge in [-0.15, -0.1) is 0 Å². The zero-order chi connectivity index (χ0) is 25.1. The molecule has 7 nitrogen and oxygen atoms in total. The molecule has 1 heterocycles. The van der Waals surface area contributed by atoms with Gasteiger partial charge in [-0.1, -0.05) is 19.1 Å². The van der Waals surface area contributed by atoms with Crippen LogP contribution in [-0.4, -0.2) is 47.1 Å². The number of ether oxygens (including phenoxy) is 1. The highest BCUT2D eigenvalue weighted by atomic mass is 16.5. The van der Waals surface area contributed by atoms with Crippen LogP contribution in [0.15, 0.2) is 60.7 Å². The van der Waals surface area contributed by atoms with Gasteiger partial charge >= 0.3 is 0 Å². The Balaban J connectivity index is 1.59. The van der Waals surface area contributed by atoms with Gasteiger partial charge < -0.3 is 24.7 Å². The third-order valence-corrected chi connectivity index (χ3v) is 6.53. The number of rotatable bonds is 6. The van der Waals surface area contributed by atoms with Gasteiger partial charge in [0.2, 0.25) is 0 Å². The Kier molecular flexibility index (Phi) is 6.96. The van der Waals surface area contributed by atoms with E-state index >= 15 is 0 Å². The number of carbonyl (C=O) groups is 2. The average Bonchev–Trinajstić information content (AvgIpc) is 2.87. The van der Waals surface area contributed by atoms with Gasteiger partial charge in [-0.25, -0.2) is 0 Å². The molecule has 1 aliphatic rings. The van der Waals surface area contributed by atoms with E-state index in [0.29, 0.717) is 12.1 Å². The van der Waals surface area contributed by atoms with Crippen molar-refractivity contribution in [1.82, 2.24) is 4.90 Å². The Morgan fingerprint density at radius 1 is 1.06 bits per heavy atom. The number of methoxy groups -OCH3 is 1. The number of aryl methyl sites for hydroxylation is 1. The molecule has 35 heavy (non-hydrogen) atoms. The van der Waals surface area contributed by atoms with E-state index in [0.717, 1.165) is 41.8 Å². The van der Waals surface area contributed by atoms with Crippen LogP contribution in [0.1, 0.15) is 51.6 Å². The zero-order valence-electron chi connectivity index (χ0n) is 20.2. The van der Waals surface area contributed by atoms with Crippen molar-refractivity contribution < 1.29 is 24.5 Å². The molecule has 2 N–H and O–H groups in total. The summed E-state index contributed by atoms with van der Waals surface area (Å²) >= 11 is 0. The van der Waals surface area contributed by atoms with E-state index in [4.69, 9.17) is 4.74 Å². The van der Waals surface area contributed by atoms with Crippen LogP contribution in [0.4, 0.5) is 5.69 Å². The van der Waals surface area contributed by atoms with Gasteiger partial charge in [0.25, 0.3) is 11.8 Å². The number of amides is 2. The SMILES string of the molecule is CCC1CCc2cc(C(=O)N(C)Cc3ccc(OC)cc3)ccc2N1C(=O)c1ccc(O)cc1O. The third kappa shape index (κ3) is 4.94. The first kappa shape index (κ1) is 24.1. The summed E-state index contributed by atoms with van der Waals surface area (Å²) in [7, 11) is 3.38. The normalized spacial score (nSPS) is 14.8. The summed E-state index contributed by atoms with van der Waals surface area (Å²) in [4.78, 5) is 30.0. The van der Waals surface area contributed by atoms with E-state index in [1.165, 1.54) is 18.2 Å². The molecule has 7 heteroatoms. The summed E-state index contributed by atoms with van der Waals surface area (Å²) in [5, 5.41) is 19.9. The second kappa shape index (κ2) is 10.1. The highest BCUT2D eigenvalue weighted by Crippen LogP contribution is 2.36. The highest BCUT2D eigenvalue weighted by Gasteiger charge is 2.32. The van der Waals surface area contributed by atoms with E-state index in [9.17, 15) is 19.8 Å². The lowest BCUT2D eigenvalue weighted by atomic mass is 9.92. The predicted molar refractivity (Wildman–Crippen MR) is 134 cm³/mol. The summed E-state index contributed by atoms with van der Waals surface area (Å²) < 4.78 is 5.19. The van der Waals surface area contributed by atoms with Crippen LogP contribution in [-0.2, 0) is 13.0 Å². The number of hydrogen-bond donors (Lipinski definition) is 2. The maximum atomic E-state index is 13.4. The van der Waals surface area contributed by atoms with E-state index < -0.39 is 0 Å². The third-order valence-electron chi connectivity index (χ3n) is 6.53. The molecular weight excluding hydrogens is 444 g/mol. The maximum Gasteiger partial charge on any atom is 0.262 e. The van der Waals surface area contributed by atoms with Crippen molar-refractivity contribution in [2.24, 2.45) is 0 Å². The lowest BCUT2D eigenvalue weighted by Crippen LogP contribution is -2.43. The van der Waals surface area contributed by atoms with Gasteiger partial charge in [0.05, 0.1) is 12.7 Å². The molecule has 0 aliphatic carbocycles. The smallest absolute Gasteiger partial charge is 0.262 e. The van der Waals surface area contributed by atoms with Crippen LogP contribution in [0.2, 0.25) is 0 Å². The molecule has 3 aromatic rings. The largest absolute Gasteiger partial charge is 0.508 e. The number of carbonyl (C=O) groups excluding carboxylic acids is 2. The Labute approximate surface area is 205 Å². The average molecular weight is 475 g/mol. The summed E-state index contributed by atoms with van der Waals surface area (Å²) in [5.74, 6) is -0.0280. The van der Waals surface area contributed by atoms with Crippen LogP contribution in [0.25, 0.3) is 0 Å². The topological polar surface area (TPSA) is 90.3 Å². The molecule has 3 aromatic carbocycles. The van der Waals surface area contributed by atoms with Crippen LogP contribution in [0.3, 0.4) is 0 Å². The van der Waals surface area contributed by atoms with E-state index in [-0.39, 0.29) is 34.9 Å². The molecule has 0 bridgehead atoms. The lowest BCUT2D eigenvalue weighted by Gasteiger charge is -2.37. The van der Waals surface area contributed by atoms with Crippen LogP contribution >= 0.6 is 0 Å². The van der Waals surface area contributed by atoms with Crippen LogP contribution in [0, 0.1) is 0 Å². The fourth-order valence-electron chi connectivity index (χ4n) is 4.59. The minimum Gasteiger partial charge on any atom is -0.508 e. The van der Waals surface area contributed by atoms with E-state index in [1.807, 2.05) is 43.3 Å². The van der Waals surface area contributed by atoms with Gasteiger partial charge in [-0.3, -0.25) is 9.59 Å². The minimum atomic E-state index is -0.328. The first-order valence-corrected chi connectivity index (χ1v) is 11.7. The molecule has 2 amide bonds. The minimum absolute atomic E-state index is 0.0255. The summed E-state index contributed by atoms with van der Waals surface area (Å²) in [6.07, 6.45) is 2.27. The highest BCUT2D eigenvalue weighted by molar-refractivity contribution is 6.09. The van der Waals surface area contributed by atoms with Crippen molar-refractivity contribution in [3.05, 3.63) is 82.9 Å². The molecule has 4 rings (SSSR count). The first-order chi connectivity index (χ1) is 16.8. The van der Waals surface area contributed by atoms with Crippen molar-refractivity contribution in [2.45, 2.75) is 38.8 Å². The van der Waals surface area contributed by atoms with Crippen molar-refractivity contribution in [1.29, 1.82) is 0 Å². The number of aromatic hydroxyl groups is 2. The molecule has 182 valence electrons. The van der Waals surface area contributed by atoms with E-state index in [2.05, 4.69) is 0 Å². The van der Waals surface area contributed by atoms with Gasteiger partial charge in [-0.2, -0.15) is 0 Å². The summed E-state index contributed by atoms with van der Waals surface area (Å²) in [6, 6.07) is 17.0. The molecule has 0 fully saturated rings. The fraction of sp³-hybridized carbons (Fsp3) is 0.286. The monoisotopic (exact) mass is 474 g/mol. The fourth-order valence-corrected chi connectivity index (χ4v) is 4.59. The summed E-state index contributed by atoms with van der Waals surface area (Å²) in [6.45, 7) is 2.49. The van der Waals surface area contributed by atoms with Gasteiger partial charge in [0.15, 0.2) is 0 Å². The number of hydrogen-bond acceptors (Lipinski definition) is 5. The van der Waals surface area contributed by atoms with E-state index in [1.54, 1.807) is 30.0 Å². The Morgan fingerprint density at radius 3 is 2.46 bits per heavy atom. The Bertz CT molecular complexity index is 1240. The number of phenolic OH excluding ortho intramolecular Hbond substituents is 2. The second-order valence-electron chi connectivity index (χ2n) is 8.83. The number of benzene rings is 3. The molecular formula is C28H30N2O5. The van der Waals surface area contributed by atoms with Gasteiger partial charge in [-0.05, 0) is 72.9 Å². The van der Waals surface area contributed by atoms with Crippen molar-refractivity contribution in [3.63, 3.8) is 0 Å². The summed E-state index contributed by atoms with van der Waals surface area (Å²) in [5.41, 5.74) is 3.36. The maximum absolute atomic E-state index is 13.4. The van der Waals surface area contributed by atoms with Crippen LogP contribution in [0.5, 0.6) is 17.2 Å². The number of fused-ring (bicyclic) bond motifs is 1. The van der Waals surface area contributed by atoms with Crippen molar-refractivity contribution in [2.75, 3.05) is 19.1 Å². The Hall–Kier alpha value is -4.00. The lowest BCUT2D eigenvalue weighted by molar-refractivity contribution is 0.0785. The standard InChI is InChI=1S/C28H30N2O5/c1-4-21-9-7-19-15-20(27(33)29(2)17-18-5-11-23(35-3)12-6-18)8-14-25(19)30(21)28(34)24-13-10-22(31)16-26(24)32/h5-6,8,10-16,21,31-32H,4,7,9,17H2,1-3H3. The van der Waals surface area contributed by atoms with Gasteiger partial charge in [0.1, 0.15) is 17.2 Å². The molecule has 0 radical (unpaired) electrons. The Morgan fingerprint density at radius 2 is 1.80 bits per heavy atom. The van der Waals surface area contributed by atoms with Crippen LogP contribution < -0.4 is 9.64 Å². The molecule has 0 saturated carbocycles. The number of phenols is 2. The number of anilines is 1. The molecule has 1 aliphatic heterocycles. The first-order valence-electron chi connectivity index (χ1n) is 11.7. The molecule has 0 aromatic heterocycles. The van der Waals surface area contributed by atoms with Crippen molar-refractivity contribution >= 4 is 17.5 Å². The number of nitrogens with zero attached hydrogens (tertiary/aromatic N) is 2. The quantitative estimate of drug-likeness (QED) is 0.538. The van der Waals surface area contributed by atoms with Gasteiger partial charge in [0, 0.05) is 37.0 Å². The predicted octanol–water partition coefficient (Wildman–Crippen LogP) is 4.75. The molecule has 0 spiro atoms. The van der Waals surface area contributed by atoms with Crippen molar-refractivity contribution in [3.8, 4) is 17.2 Å². The molecule has 1 unspecified atom stereocenters.